The Bertz CT molecular complexity index is 1210. The maximum absolute atomic E-state index is 13.9. The van der Waals surface area contributed by atoms with Crippen molar-refractivity contribution in [3.63, 3.8) is 0 Å². The third kappa shape index (κ3) is 5.01. The molecule has 0 aromatic heterocycles. The molecule has 1 aliphatic heterocycles. The van der Waals surface area contributed by atoms with E-state index in [0.29, 0.717) is 12.8 Å². The van der Waals surface area contributed by atoms with Crippen LogP contribution in [-0.2, 0) is 9.59 Å². The van der Waals surface area contributed by atoms with Crippen LogP contribution in [0.2, 0.25) is 10.0 Å². The smallest absolute Gasteiger partial charge is 0.273 e. The maximum Gasteiger partial charge on any atom is 0.273 e. The number of halogens is 4. The molecular formula is C26H24Cl3FN2O4. The van der Waals surface area contributed by atoms with Crippen LogP contribution in [0.3, 0.4) is 0 Å². The van der Waals surface area contributed by atoms with Crippen LogP contribution in [0.4, 0.5) is 4.39 Å². The van der Waals surface area contributed by atoms with Crippen molar-refractivity contribution in [2.24, 2.45) is 17.8 Å². The van der Waals surface area contributed by atoms with Crippen molar-refractivity contribution in [2.45, 2.75) is 38.6 Å². The predicted molar refractivity (Wildman–Crippen MR) is 134 cm³/mol. The number of benzene rings is 2. The molecule has 6 nitrogen and oxygen atoms in total. The Labute approximate surface area is 223 Å². The van der Waals surface area contributed by atoms with Crippen molar-refractivity contribution in [2.75, 3.05) is 5.88 Å². The molecule has 2 aromatic carbocycles. The standard InChI is InChI=1S/C26H24Cl3FN2O4/c1-14-2-8-18-19(12-14)26(36)32(25(18)35)31(24(34)16-5-9-20(28)21(29)13-16)22(10-11-27)23(33)15-3-6-17(30)7-4-15/h3-7,9,13-14,18-19,22H,2,8,10-12H2,1H3/t14-,18+,19+,22-/m1/s1. The minimum Gasteiger partial charge on any atom is -0.292 e. The lowest BCUT2D eigenvalue weighted by Gasteiger charge is -2.36. The summed E-state index contributed by atoms with van der Waals surface area (Å²) in [4.78, 5) is 54.6. The second-order valence-electron chi connectivity index (χ2n) is 9.26. The van der Waals surface area contributed by atoms with E-state index in [2.05, 4.69) is 0 Å². The zero-order valence-electron chi connectivity index (χ0n) is 19.4. The van der Waals surface area contributed by atoms with Gasteiger partial charge in [0, 0.05) is 17.0 Å². The Kier molecular flexibility index (Phi) is 8.03. The van der Waals surface area contributed by atoms with Gasteiger partial charge in [-0.3, -0.25) is 19.2 Å². The summed E-state index contributed by atoms with van der Waals surface area (Å²) in [6.07, 6.45) is 1.78. The summed E-state index contributed by atoms with van der Waals surface area (Å²) < 4.78 is 13.5. The van der Waals surface area contributed by atoms with Gasteiger partial charge in [-0.2, -0.15) is 5.01 Å². The van der Waals surface area contributed by atoms with Crippen molar-refractivity contribution >= 4 is 58.3 Å². The molecule has 0 spiro atoms. The summed E-state index contributed by atoms with van der Waals surface area (Å²) >= 11 is 18.2. The molecule has 0 unspecified atom stereocenters. The zero-order valence-corrected chi connectivity index (χ0v) is 21.7. The molecule has 0 radical (unpaired) electrons. The van der Waals surface area contributed by atoms with Crippen molar-refractivity contribution in [3.05, 3.63) is 69.5 Å². The number of amides is 3. The molecule has 0 N–H and O–H groups in total. The number of hydrazine groups is 1. The minimum absolute atomic E-state index is 0.0388. The Morgan fingerprint density at radius 1 is 1.00 bits per heavy atom. The molecule has 0 bridgehead atoms. The second-order valence-corrected chi connectivity index (χ2v) is 10.5. The molecule has 1 heterocycles. The number of Topliss-reactive ketones (excluding diaryl/α,β-unsaturated/α-hetero) is 1. The van der Waals surface area contributed by atoms with E-state index in [1.165, 1.54) is 30.3 Å². The number of alkyl halides is 1. The Hall–Kier alpha value is -2.48. The van der Waals surface area contributed by atoms with Crippen LogP contribution in [0, 0.1) is 23.6 Å². The number of imide groups is 1. The third-order valence-electron chi connectivity index (χ3n) is 6.86. The first-order chi connectivity index (χ1) is 17.1. The first kappa shape index (κ1) is 26.6. The third-order valence-corrected chi connectivity index (χ3v) is 7.82. The quantitative estimate of drug-likeness (QED) is 0.247. The van der Waals surface area contributed by atoms with Crippen LogP contribution in [-0.4, -0.2) is 45.4 Å². The van der Waals surface area contributed by atoms with E-state index >= 15 is 0 Å². The van der Waals surface area contributed by atoms with Crippen molar-refractivity contribution in [1.29, 1.82) is 0 Å². The maximum atomic E-state index is 13.9. The van der Waals surface area contributed by atoms with Gasteiger partial charge in [0.25, 0.3) is 17.7 Å². The fraction of sp³-hybridized carbons (Fsp3) is 0.385. The average Bonchev–Trinajstić information content (AvgIpc) is 3.09. The summed E-state index contributed by atoms with van der Waals surface area (Å²) in [5.41, 5.74) is 0.156. The van der Waals surface area contributed by atoms with Crippen LogP contribution >= 0.6 is 34.8 Å². The number of rotatable bonds is 7. The lowest BCUT2D eigenvalue weighted by Crippen LogP contribution is -2.57. The molecule has 1 aliphatic carbocycles. The van der Waals surface area contributed by atoms with Gasteiger partial charge in [-0.15, -0.1) is 11.6 Å². The number of hydrogen-bond donors (Lipinski definition) is 0. The van der Waals surface area contributed by atoms with Gasteiger partial charge < -0.3 is 0 Å². The SMILES string of the molecule is C[C@@H]1CC[C@@H]2C(=O)N(N(C(=O)c3ccc(Cl)c(Cl)c3)[C@H](CCCl)C(=O)c3ccc(F)cc3)C(=O)[C@H]2C1. The van der Waals surface area contributed by atoms with E-state index in [4.69, 9.17) is 34.8 Å². The molecular weight excluding hydrogens is 530 g/mol. The fourth-order valence-corrected chi connectivity index (χ4v) is 5.50. The topological polar surface area (TPSA) is 74.8 Å². The molecule has 2 aromatic rings. The highest BCUT2D eigenvalue weighted by Gasteiger charge is 2.54. The first-order valence-electron chi connectivity index (χ1n) is 11.7. The van der Waals surface area contributed by atoms with Gasteiger partial charge in [-0.05, 0) is 74.1 Å². The van der Waals surface area contributed by atoms with Crippen LogP contribution in [0.25, 0.3) is 0 Å². The van der Waals surface area contributed by atoms with E-state index in [0.717, 1.165) is 28.6 Å². The fourth-order valence-electron chi connectivity index (χ4n) is 4.99. The number of carbonyl (C=O) groups excluding carboxylic acids is 4. The Morgan fingerprint density at radius 2 is 1.64 bits per heavy atom. The number of ketones is 1. The van der Waals surface area contributed by atoms with Gasteiger partial charge in [-0.1, -0.05) is 30.1 Å². The highest BCUT2D eigenvalue weighted by Crippen LogP contribution is 2.42. The predicted octanol–water partition coefficient (Wildman–Crippen LogP) is 5.79. The summed E-state index contributed by atoms with van der Waals surface area (Å²) in [7, 11) is 0. The summed E-state index contributed by atoms with van der Waals surface area (Å²) in [6.45, 7) is 2.02. The largest absolute Gasteiger partial charge is 0.292 e. The van der Waals surface area contributed by atoms with Gasteiger partial charge in [0.15, 0.2) is 5.78 Å². The van der Waals surface area contributed by atoms with Crippen LogP contribution in [0.5, 0.6) is 0 Å². The van der Waals surface area contributed by atoms with E-state index in [9.17, 15) is 23.6 Å². The van der Waals surface area contributed by atoms with Crippen LogP contribution in [0.1, 0.15) is 53.3 Å². The second kappa shape index (κ2) is 10.9. The van der Waals surface area contributed by atoms with Crippen LogP contribution < -0.4 is 0 Å². The number of hydrogen-bond acceptors (Lipinski definition) is 4. The van der Waals surface area contributed by atoms with Crippen molar-refractivity contribution in [3.8, 4) is 0 Å². The van der Waals surface area contributed by atoms with Crippen LogP contribution in [0.15, 0.2) is 42.5 Å². The summed E-state index contributed by atoms with van der Waals surface area (Å²) in [6, 6.07) is 7.68. The first-order valence-corrected chi connectivity index (χ1v) is 12.9. The Balaban J connectivity index is 1.81. The van der Waals surface area contributed by atoms with Gasteiger partial charge in [-0.25, -0.2) is 9.40 Å². The van der Waals surface area contributed by atoms with E-state index in [1.807, 2.05) is 6.92 Å². The lowest BCUT2D eigenvalue weighted by molar-refractivity contribution is -0.156. The Morgan fingerprint density at radius 3 is 2.28 bits per heavy atom. The molecule has 10 heteroatoms. The molecule has 1 saturated heterocycles. The minimum atomic E-state index is -1.29. The van der Waals surface area contributed by atoms with E-state index in [1.54, 1.807) is 0 Å². The van der Waals surface area contributed by atoms with Gasteiger partial charge in [0.1, 0.15) is 11.9 Å². The highest BCUT2D eigenvalue weighted by molar-refractivity contribution is 6.42. The number of nitrogens with zero attached hydrogens (tertiary/aromatic N) is 2. The van der Waals surface area contributed by atoms with E-state index in [-0.39, 0.29) is 39.4 Å². The molecule has 4 rings (SSSR count). The molecule has 1 saturated carbocycles. The summed E-state index contributed by atoms with van der Waals surface area (Å²) in [5, 5.41) is 2.06. The molecule has 36 heavy (non-hydrogen) atoms. The zero-order chi connectivity index (χ0) is 26.1. The highest BCUT2D eigenvalue weighted by atomic mass is 35.5. The molecule has 2 fully saturated rings. The number of carbonyl (C=O) groups is 4. The van der Waals surface area contributed by atoms with E-state index < -0.39 is 47.2 Å². The molecule has 4 atom stereocenters. The van der Waals surface area contributed by atoms with Gasteiger partial charge in [0.2, 0.25) is 0 Å². The van der Waals surface area contributed by atoms with Crippen molar-refractivity contribution < 1.29 is 23.6 Å². The average molecular weight is 554 g/mol. The monoisotopic (exact) mass is 552 g/mol. The molecule has 2 aliphatic rings. The van der Waals surface area contributed by atoms with Gasteiger partial charge in [0.05, 0.1) is 21.9 Å². The van der Waals surface area contributed by atoms with Gasteiger partial charge >= 0.3 is 0 Å². The summed E-state index contributed by atoms with van der Waals surface area (Å²) in [5.74, 6) is -3.83. The number of fused-ring (bicyclic) bond motifs is 1. The normalized spacial score (nSPS) is 22.4. The molecule has 190 valence electrons. The van der Waals surface area contributed by atoms with Crippen molar-refractivity contribution in [1.82, 2.24) is 10.0 Å². The lowest BCUT2D eigenvalue weighted by atomic mass is 9.76. The molecule has 3 amide bonds.